The normalized spacial score (nSPS) is 11.3. The van der Waals surface area contributed by atoms with Crippen molar-refractivity contribution in [3.8, 4) is 5.92 Å². The summed E-state index contributed by atoms with van der Waals surface area (Å²) in [4.78, 5) is 0. The minimum Gasteiger partial charge on any atom is -0.0587 e. The molecule has 0 bridgehead atoms. The van der Waals surface area contributed by atoms with Crippen LogP contribution in [-0.2, 0) is 0 Å². The molecule has 1 radical (unpaired) electrons. The standard InChI is InChI=1S/C17H23/c1-8-15-16(12(4)5)9-14(11(2)3)10-17(15)13(6)7/h9-13H,2-7H3. The molecule has 1 rings (SSSR count). The lowest BCUT2D eigenvalue weighted by Crippen LogP contribution is -2.03. The Morgan fingerprint density at radius 1 is 0.824 bits per heavy atom. The van der Waals surface area contributed by atoms with E-state index >= 15 is 0 Å². The van der Waals surface area contributed by atoms with E-state index in [9.17, 15) is 0 Å². The van der Waals surface area contributed by atoms with Crippen molar-refractivity contribution in [3.05, 3.63) is 40.8 Å². The smallest absolute Gasteiger partial charge is 0.0325 e. The summed E-state index contributed by atoms with van der Waals surface area (Å²) in [6, 6.07) is 4.50. The molecule has 0 aliphatic heterocycles. The Kier molecular flexibility index (Phi) is 4.40. The van der Waals surface area contributed by atoms with Gasteiger partial charge >= 0.3 is 0 Å². The van der Waals surface area contributed by atoms with Gasteiger partial charge in [-0.1, -0.05) is 59.6 Å². The quantitative estimate of drug-likeness (QED) is 0.638. The topological polar surface area (TPSA) is 0 Å². The summed E-state index contributed by atoms with van der Waals surface area (Å²) < 4.78 is 0. The van der Waals surface area contributed by atoms with Gasteiger partial charge in [0, 0.05) is 5.56 Å². The maximum Gasteiger partial charge on any atom is 0.0325 e. The van der Waals surface area contributed by atoms with E-state index in [0.717, 1.165) is 5.56 Å². The van der Waals surface area contributed by atoms with Crippen molar-refractivity contribution in [1.82, 2.24) is 0 Å². The van der Waals surface area contributed by atoms with Crippen LogP contribution in [0, 0.1) is 12.3 Å². The fourth-order valence-electron chi connectivity index (χ4n) is 2.10. The first-order valence-corrected chi connectivity index (χ1v) is 6.48. The van der Waals surface area contributed by atoms with Gasteiger partial charge in [-0.15, -0.1) is 0 Å². The number of hydrogen-bond acceptors (Lipinski definition) is 0. The van der Waals surface area contributed by atoms with Crippen LogP contribution in [0.4, 0.5) is 0 Å². The predicted octanol–water partition coefficient (Wildman–Crippen LogP) is 4.99. The Balaban J connectivity index is 3.53. The monoisotopic (exact) mass is 227 g/mol. The molecule has 0 fully saturated rings. The molecule has 0 spiro atoms. The first-order chi connectivity index (χ1) is 7.88. The highest BCUT2D eigenvalue weighted by Crippen LogP contribution is 2.31. The second kappa shape index (κ2) is 5.41. The molecular weight excluding hydrogens is 204 g/mol. The number of rotatable bonds is 3. The molecule has 0 aliphatic carbocycles. The zero-order valence-corrected chi connectivity index (χ0v) is 11.9. The van der Waals surface area contributed by atoms with Crippen LogP contribution >= 0.6 is 0 Å². The average molecular weight is 227 g/mol. The molecular formula is C17H23. The number of hydrogen-bond donors (Lipinski definition) is 0. The van der Waals surface area contributed by atoms with Gasteiger partial charge in [0.25, 0.3) is 0 Å². The molecule has 0 heteroatoms. The van der Waals surface area contributed by atoms with E-state index in [1.165, 1.54) is 16.7 Å². The Morgan fingerprint density at radius 2 is 1.24 bits per heavy atom. The predicted molar refractivity (Wildman–Crippen MR) is 74.9 cm³/mol. The van der Waals surface area contributed by atoms with Crippen LogP contribution in [0.25, 0.3) is 0 Å². The molecule has 0 unspecified atom stereocenters. The van der Waals surface area contributed by atoms with Gasteiger partial charge in [0.15, 0.2) is 0 Å². The molecule has 0 nitrogen and oxygen atoms in total. The highest BCUT2D eigenvalue weighted by atomic mass is 14.2. The van der Waals surface area contributed by atoms with Gasteiger partial charge in [-0.05, 0) is 40.9 Å². The van der Waals surface area contributed by atoms with Crippen molar-refractivity contribution in [2.24, 2.45) is 0 Å². The largest absolute Gasteiger partial charge is 0.0587 e. The van der Waals surface area contributed by atoms with E-state index in [2.05, 4.69) is 59.6 Å². The van der Waals surface area contributed by atoms with Gasteiger partial charge in [0.1, 0.15) is 0 Å². The highest BCUT2D eigenvalue weighted by Gasteiger charge is 2.15. The van der Waals surface area contributed by atoms with Crippen LogP contribution < -0.4 is 0 Å². The van der Waals surface area contributed by atoms with E-state index in [4.69, 9.17) is 6.42 Å². The van der Waals surface area contributed by atoms with Crippen molar-refractivity contribution in [3.63, 3.8) is 0 Å². The summed E-state index contributed by atoms with van der Waals surface area (Å²) in [5, 5.41) is 0. The van der Waals surface area contributed by atoms with Crippen molar-refractivity contribution >= 4 is 0 Å². The molecule has 0 saturated carbocycles. The first kappa shape index (κ1) is 13.8. The number of benzene rings is 1. The third-order valence-electron chi connectivity index (χ3n) is 3.26. The SMILES string of the molecule is [C]#Cc1c(C(C)C)cc(C(C)C)cc1C(C)C. The van der Waals surface area contributed by atoms with Gasteiger partial charge in [-0.25, -0.2) is 0 Å². The Bertz CT molecular complexity index is 399. The third kappa shape index (κ3) is 2.91. The molecule has 17 heavy (non-hydrogen) atoms. The minimum absolute atomic E-state index is 0.444. The summed E-state index contributed by atoms with van der Waals surface area (Å²) >= 11 is 0. The van der Waals surface area contributed by atoms with E-state index in [1.807, 2.05) is 0 Å². The lowest BCUT2D eigenvalue weighted by Gasteiger charge is -2.19. The minimum atomic E-state index is 0.444. The first-order valence-electron chi connectivity index (χ1n) is 6.48. The lowest BCUT2D eigenvalue weighted by molar-refractivity contribution is 0.800. The Morgan fingerprint density at radius 3 is 1.47 bits per heavy atom. The molecule has 91 valence electrons. The van der Waals surface area contributed by atoms with Crippen LogP contribution in [0.1, 0.15) is 81.5 Å². The molecule has 0 aliphatic rings. The zero-order chi connectivity index (χ0) is 13.2. The summed E-state index contributed by atoms with van der Waals surface area (Å²) in [6.45, 7) is 13.2. The van der Waals surface area contributed by atoms with Crippen molar-refractivity contribution in [2.75, 3.05) is 0 Å². The van der Waals surface area contributed by atoms with Gasteiger partial charge in [0.2, 0.25) is 0 Å². The summed E-state index contributed by atoms with van der Waals surface area (Å²) in [5.74, 6) is 4.06. The van der Waals surface area contributed by atoms with Crippen LogP contribution in [0.2, 0.25) is 0 Å². The van der Waals surface area contributed by atoms with Crippen LogP contribution in [0.5, 0.6) is 0 Å². The van der Waals surface area contributed by atoms with E-state index in [1.54, 1.807) is 0 Å². The molecule has 0 atom stereocenters. The second-order valence-corrected chi connectivity index (χ2v) is 5.66. The average Bonchev–Trinajstić information content (AvgIpc) is 2.26. The van der Waals surface area contributed by atoms with Crippen molar-refractivity contribution < 1.29 is 0 Å². The summed E-state index contributed by atoms with van der Waals surface area (Å²) in [7, 11) is 0. The summed E-state index contributed by atoms with van der Waals surface area (Å²) in [5.41, 5.74) is 4.89. The Labute approximate surface area is 106 Å². The zero-order valence-electron chi connectivity index (χ0n) is 11.9. The van der Waals surface area contributed by atoms with Crippen LogP contribution in [-0.4, -0.2) is 0 Å². The highest BCUT2D eigenvalue weighted by molar-refractivity contribution is 5.50. The summed E-state index contributed by atoms with van der Waals surface area (Å²) in [6.07, 6.45) is 7.54. The molecule has 0 saturated heterocycles. The second-order valence-electron chi connectivity index (χ2n) is 5.66. The molecule has 0 N–H and O–H groups in total. The molecule has 0 amide bonds. The van der Waals surface area contributed by atoms with E-state index in [-0.39, 0.29) is 0 Å². The lowest BCUT2D eigenvalue weighted by atomic mass is 9.85. The van der Waals surface area contributed by atoms with Crippen molar-refractivity contribution in [2.45, 2.75) is 59.3 Å². The molecule has 0 aromatic heterocycles. The fourth-order valence-corrected chi connectivity index (χ4v) is 2.10. The van der Waals surface area contributed by atoms with Gasteiger partial charge in [-0.3, -0.25) is 0 Å². The maximum atomic E-state index is 7.54. The van der Waals surface area contributed by atoms with E-state index in [0.29, 0.717) is 17.8 Å². The van der Waals surface area contributed by atoms with Crippen LogP contribution in [0.15, 0.2) is 12.1 Å². The third-order valence-corrected chi connectivity index (χ3v) is 3.26. The molecule has 1 aromatic rings. The Hall–Kier alpha value is -1.22. The van der Waals surface area contributed by atoms with E-state index < -0.39 is 0 Å². The molecule has 1 aromatic carbocycles. The van der Waals surface area contributed by atoms with Gasteiger partial charge < -0.3 is 0 Å². The molecule has 0 heterocycles. The van der Waals surface area contributed by atoms with Crippen LogP contribution in [0.3, 0.4) is 0 Å². The van der Waals surface area contributed by atoms with Gasteiger partial charge in [-0.2, -0.15) is 0 Å². The fraction of sp³-hybridized carbons (Fsp3) is 0.529. The maximum absolute atomic E-state index is 7.54. The van der Waals surface area contributed by atoms with Crippen molar-refractivity contribution in [1.29, 1.82) is 0 Å². The van der Waals surface area contributed by atoms with Gasteiger partial charge in [0.05, 0.1) is 0 Å².